The van der Waals surface area contributed by atoms with E-state index >= 15 is 0 Å². The summed E-state index contributed by atoms with van der Waals surface area (Å²) >= 11 is 0. The van der Waals surface area contributed by atoms with Crippen LogP contribution in [0.1, 0.15) is 6.42 Å². The molecule has 1 amide bonds. The topological polar surface area (TPSA) is 89.9 Å². The molecule has 0 saturated carbocycles. The number of hydrogen-bond acceptors (Lipinski definition) is 4. The van der Waals surface area contributed by atoms with Gasteiger partial charge in [-0.2, -0.15) is 0 Å². The Balaban J connectivity index is 2.46. The molecular formula is C8H14N2O4. The number of carbonyl (C=O) groups is 2. The molecule has 0 aromatic heterocycles. The second-order valence-electron chi connectivity index (χ2n) is 3.45. The number of aliphatic carboxylic acids is 1. The van der Waals surface area contributed by atoms with Crippen molar-refractivity contribution in [1.82, 2.24) is 10.2 Å². The average molecular weight is 202 g/mol. The van der Waals surface area contributed by atoms with Crippen LogP contribution in [0.3, 0.4) is 0 Å². The Hall–Kier alpha value is -1.14. The minimum atomic E-state index is -0.881. The first-order valence-electron chi connectivity index (χ1n) is 4.38. The van der Waals surface area contributed by atoms with E-state index in [-0.39, 0.29) is 6.04 Å². The molecule has 2 atom stereocenters. The smallest absolute Gasteiger partial charge is 0.320 e. The van der Waals surface area contributed by atoms with Crippen molar-refractivity contribution >= 4 is 11.9 Å². The summed E-state index contributed by atoms with van der Waals surface area (Å²) in [4.78, 5) is 23.2. The summed E-state index contributed by atoms with van der Waals surface area (Å²) in [5, 5.41) is 19.8. The predicted octanol–water partition coefficient (Wildman–Crippen LogP) is -1.75. The van der Waals surface area contributed by atoms with Crippen LogP contribution in [0.25, 0.3) is 0 Å². The lowest BCUT2D eigenvalue weighted by atomic mass is 10.2. The first-order chi connectivity index (χ1) is 6.54. The lowest BCUT2D eigenvalue weighted by Gasteiger charge is -2.13. The maximum absolute atomic E-state index is 10.8. The number of amides is 1. The van der Waals surface area contributed by atoms with Crippen LogP contribution in [-0.4, -0.2) is 59.3 Å². The summed E-state index contributed by atoms with van der Waals surface area (Å²) in [5.74, 6) is -1.34. The summed E-state index contributed by atoms with van der Waals surface area (Å²) in [6.45, 7) is -0.0549. The highest BCUT2D eigenvalue weighted by atomic mass is 16.4. The van der Waals surface area contributed by atoms with Crippen molar-refractivity contribution in [1.29, 1.82) is 0 Å². The van der Waals surface area contributed by atoms with Crippen molar-refractivity contribution in [3.8, 4) is 0 Å². The van der Waals surface area contributed by atoms with E-state index in [1.165, 1.54) is 0 Å². The highest BCUT2D eigenvalue weighted by molar-refractivity contribution is 5.78. The monoisotopic (exact) mass is 202 g/mol. The Bertz CT molecular complexity index is 243. The maximum Gasteiger partial charge on any atom is 0.320 e. The van der Waals surface area contributed by atoms with Gasteiger partial charge in [-0.1, -0.05) is 0 Å². The Morgan fingerprint density at radius 1 is 1.57 bits per heavy atom. The van der Waals surface area contributed by atoms with Gasteiger partial charge in [-0.15, -0.1) is 0 Å². The van der Waals surface area contributed by atoms with E-state index in [1.807, 2.05) is 0 Å². The molecule has 0 aliphatic carbocycles. The summed E-state index contributed by atoms with van der Waals surface area (Å²) in [7, 11) is 1.70. The van der Waals surface area contributed by atoms with Crippen molar-refractivity contribution in [2.24, 2.45) is 0 Å². The average Bonchev–Trinajstić information content (AvgIpc) is 2.46. The van der Waals surface area contributed by atoms with E-state index in [9.17, 15) is 9.59 Å². The molecule has 1 heterocycles. The third-order valence-corrected chi connectivity index (χ3v) is 2.34. The summed E-state index contributed by atoms with van der Waals surface area (Å²) < 4.78 is 0. The van der Waals surface area contributed by atoms with Crippen LogP contribution in [0.15, 0.2) is 0 Å². The van der Waals surface area contributed by atoms with Crippen LogP contribution in [0.5, 0.6) is 0 Å². The van der Waals surface area contributed by atoms with E-state index in [4.69, 9.17) is 10.2 Å². The zero-order valence-electron chi connectivity index (χ0n) is 7.93. The van der Waals surface area contributed by atoms with Crippen LogP contribution in [-0.2, 0) is 9.59 Å². The largest absolute Gasteiger partial charge is 0.480 e. The van der Waals surface area contributed by atoms with E-state index in [1.54, 1.807) is 11.9 Å². The molecule has 0 bridgehead atoms. The quantitative estimate of drug-likeness (QED) is 0.505. The summed E-state index contributed by atoms with van der Waals surface area (Å²) in [6.07, 6.45) is 0.386. The number of aliphatic hydroxyl groups is 1. The van der Waals surface area contributed by atoms with Gasteiger partial charge in [0.1, 0.15) is 12.6 Å². The molecule has 80 valence electrons. The van der Waals surface area contributed by atoms with E-state index < -0.39 is 24.5 Å². The third-order valence-electron chi connectivity index (χ3n) is 2.34. The molecule has 3 N–H and O–H groups in total. The minimum absolute atomic E-state index is 0.180. The second kappa shape index (κ2) is 4.39. The first kappa shape index (κ1) is 10.9. The van der Waals surface area contributed by atoms with E-state index in [0.29, 0.717) is 13.0 Å². The molecule has 1 rings (SSSR count). The fourth-order valence-corrected chi connectivity index (χ4v) is 1.67. The standard InChI is InChI=1S/C8H14N2O4/c1-10-3-5(9-7(12)4-11)2-6(10)8(13)14/h5-6,11H,2-4H2,1H3,(H,9,12)(H,13,14)/t5-,6+/m1/s1. The van der Waals surface area contributed by atoms with E-state index in [2.05, 4.69) is 5.32 Å². The number of likely N-dealkylation sites (N-methyl/N-ethyl adjacent to an activating group) is 1. The van der Waals surface area contributed by atoms with Gasteiger partial charge >= 0.3 is 5.97 Å². The number of carboxylic acid groups (broad SMARTS) is 1. The molecule has 0 unspecified atom stereocenters. The van der Waals surface area contributed by atoms with Gasteiger partial charge in [0, 0.05) is 12.6 Å². The van der Waals surface area contributed by atoms with E-state index in [0.717, 1.165) is 0 Å². The molecule has 1 fully saturated rings. The molecule has 0 aromatic carbocycles. The first-order valence-corrected chi connectivity index (χ1v) is 4.38. The molecule has 6 heteroatoms. The number of hydrogen-bond donors (Lipinski definition) is 3. The Morgan fingerprint density at radius 3 is 2.64 bits per heavy atom. The van der Waals surface area contributed by atoms with Gasteiger partial charge in [0.05, 0.1) is 0 Å². The number of carboxylic acids is 1. The molecule has 0 aromatic rings. The van der Waals surface area contributed by atoms with Crippen LogP contribution in [0, 0.1) is 0 Å². The highest BCUT2D eigenvalue weighted by Gasteiger charge is 2.34. The lowest BCUT2D eigenvalue weighted by Crippen LogP contribution is -2.38. The van der Waals surface area contributed by atoms with Gasteiger partial charge in [-0.3, -0.25) is 14.5 Å². The highest BCUT2D eigenvalue weighted by Crippen LogP contribution is 2.15. The van der Waals surface area contributed by atoms with Gasteiger partial charge in [0.15, 0.2) is 0 Å². The zero-order chi connectivity index (χ0) is 10.7. The van der Waals surface area contributed by atoms with Crippen LogP contribution in [0.4, 0.5) is 0 Å². The molecule has 0 spiro atoms. The third kappa shape index (κ3) is 2.43. The Morgan fingerprint density at radius 2 is 2.21 bits per heavy atom. The van der Waals surface area contributed by atoms with Gasteiger partial charge < -0.3 is 15.5 Å². The van der Waals surface area contributed by atoms with Crippen molar-refractivity contribution in [3.05, 3.63) is 0 Å². The molecule has 14 heavy (non-hydrogen) atoms. The fourth-order valence-electron chi connectivity index (χ4n) is 1.67. The van der Waals surface area contributed by atoms with Gasteiger partial charge in [-0.05, 0) is 13.5 Å². The minimum Gasteiger partial charge on any atom is -0.480 e. The zero-order valence-corrected chi connectivity index (χ0v) is 7.93. The number of likely N-dealkylation sites (tertiary alicyclic amines) is 1. The maximum atomic E-state index is 10.8. The number of nitrogens with one attached hydrogen (secondary N) is 1. The molecule has 1 aliphatic rings. The molecule has 6 nitrogen and oxygen atoms in total. The normalized spacial score (nSPS) is 27.6. The molecule has 1 aliphatic heterocycles. The van der Waals surface area contributed by atoms with Gasteiger partial charge in [0.2, 0.25) is 5.91 Å². The number of rotatable bonds is 3. The Labute approximate surface area is 81.5 Å². The second-order valence-corrected chi connectivity index (χ2v) is 3.45. The number of nitrogens with zero attached hydrogens (tertiary/aromatic N) is 1. The van der Waals surface area contributed by atoms with Crippen LogP contribution in [0.2, 0.25) is 0 Å². The summed E-state index contributed by atoms with van der Waals surface area (Å²) in [6, 6.07) is -0.722. The predicted molar refractivity (Wildman–Crippen MR) is 47.7 cm³/mol. The molecule has 0 radical (unpaired) electrons. The number of carbonyl (C=O) groups excluding carboxylic acids is 1. The van der Waals surface area contributed by atoms with Gasteiger partial charge in [-0.25, -0.2) is 0 Å². The fraction of sp³-hybridized carbons (Fsp3) is 0.750. The Kier molecular flexibility index (Phi) is 3.43. The lowest BCUT2D eigenvalue weighted by molar-refractivity contribution is -0.141. The van der Waals surface area contributed by atoms with Crippen molar-refractivity contribution in [3.63, 3.8) is 0 Å². The van der Waals surface area contributed by atoms with Crippen molar-refractivity contribution in [2.45, 2.75) is 18.5 Å². The molecule has 1 saturated heterocycles. The summed E-state index contributed by atoms with van der Waals surface area (Å²) in [5.41, 5.74) is 0. The van der Waals surface area contributed by atoms with Crippen molar-refractivity contribution in [2.75, 3.05) is 20.2 Å². The SMILES string of the molecule is CN1C[C@H](NC(=O)CO)C[C@H]1C(=O)O. The number of aliphatic hydroxyl groups excluding tert-OH is 1. The van der Waals surface area contributed by atoms with Crippen molar-refractivity contribution < 1.29 is 19.8 Å². The van der Waals surface area contributed by atoms with Gasteiger partial charge in [0.25, 0.3) is 0 Å². The molecular weight excluding hydrogens is 188 g/mol. The van der Waals surface area contributed by atoms with Crippen LogP contribution >= 0.6 is 0 Å². The van der Waals surface area contributed by atoms with Crippen LogP contribution < -0.4 is 5.32 Å².